The van der Waals surface area contributed by atoms with E-state index in [1.165, 1.54) is 32.1 Å². The van der Waals surface area contributed by atoms with Crippen LogP contribution in [-0.4, -0.2) is 18.7 Å². The van der Waals surface area contributed by atoms with Gasteiger partial charge < -0.3 is 10.1 Å². The normalized spacial score (nSPS) is 27.5. The Kier molecular flexibility index (Phi) is 4.37. The van der Waals surface area contributed by atoms with Gasteiger partial charge in [0.15, 0.2) is 0 Å². The standard InChI is InChI=1S/C17H24BrNO/c1-2-11-19-15-12-16(17(15)9-5-6-10-17)20-14-8-4-3-7-13(14)18/h3-4,7-8,15-16,19H,2,5-6,9-12H2,1H3. The minimum atomic E-state index is 0.387. The highest BCUT2D eigenvalue weighted by Crippen LogP contribution is 2.55. The van der Waals surface area contributed by atoms with Gasteiger partial charge in [0.2, 0.25) is 0 Å². The molecule has 2 unspecified atom stereocenters. The number of nitrogens with one attached hydrogen (secondary N) is 1. The molecule has 2 nitrogen and oxygen atoms in total. The predicted octanol–water partition coefficient (Wildman–Crippen LogP) is 4.53. The Morgan fingerprint density at radius 3 is 2.75 bits per heavy atom. The Labute approximate surface area is 130 Å². The molecule has 0 heterocycles. The second-order valence-electron chi connectivity index (χ2n) is 6.22. The zero-order valence-electron chi connectivity index (χ0n) is 12.2. The minimum absolute atomic E-state index is 0.387. The predicted molar refractivity (Wildman–Crippen MR) is 86.2 cm³/mol. The Hall–Kier alpha value is -0.540. The molecule has 0 aliphatic heterocycles. The number of hydrogen-bond donors (Lipinski definition) is 1. The van der Waals surface area contributed by atoms with E-state index in [1.807, 2.05) is 12.1 Å². The lowest BCUT2D eigenvalue weighted by molar-refractivity contribution is -0.0763. The molecule has 1 aromatic rings. The highest BCUT2D eigenvalue weighted by molar-refractivity contribution is 9.10. The van der Waals surface area contributed by atoms with E-state index in [0.717, 1.165) is 23.2 Å². The van der Waals surface area contributed by atoms with Gasteiger partial charge in [0.1, 0.15) is 11.9 Å². The van der Waals surface area contributed by atoms with Crippen LogP contribution in [0.4, 0.5) is 0 Å². The number of halogens is 1. The Morgan fingerprint density at radius 1 is 1.30 bits per heavy atom. The van der Waals surface area contributed by atoms with Crippen LogP contribution in [0.2, 0.25) is 0 Å². The van der Waals surface area contributed by atoms with Crippen molar-refractivity contribution in [3.05, 3.63) is 28.7 Å². The summed E-state index contributed by atoms with van der Waals surface area (Å²) in [6.45, 7) is 3.37. The van der Waals surface area contributed by atoms with Crippen molar-refractivity contribution in [3.8, 4) is 5.75 Å². The average molecular weight is 338 g/mol. The molecule has 3 heteroatoms. The summed E-state index contributed by atoms with van der Waals surface area (Å²) in [5.41, 5.74) is 0.393. The van der Waals surface area contributed by atoms with Crippen molar-refractivity contribution in [1.82, 2.24) is 5.32 Å². The molecule has 2 saturated carbocycles. The van der Waals surface area contributed by atoms with Gasteiger partial charge in [-0.1, -0.05) is 31.9 Å². The Bertz CT molecular complexity index is 456. The summed E-state index contributed by atoms with van der Waals surface area (Å²) in [7, 11) is 0. The second-order valence-corrected chi connectivity index (χ2v) is 7.07. The van der Waals surface area contributed by atoms with Crippen LogP contribution in [0.15, 0.2) is 28.7 Å². The van der Waals surface area contributed by atoms with E-state index in [0.29, 0.717) is 17.6 Å². The van der Waals surface area contributed by atoms with Crippen LogP contribution < -0.4 is 10.1 Å². The summed E-state index contributed by atoms with van der Waals surface area (Å²) >= 11 is 3.59. The van der Waals surface area contributed by atoms with Crippen LogP contribution in [0.5, 0.6) is 5.75 Å². The Balaban J connectivity index is 1.70. The number of benzene rings is 1. The third kappa shape index (κ3) is 2.50. The monoisotopic (exact) mass is 337 g/mol. The van der Waals surface area contributed by atoms with Gasteiger partial charge in [-0.05, 0) is 53.9 Å². The fraction of sp³-hybridized carbons (Fsp3) is 0.647. The van der Waals surface area contributed by atoms with Gasteiger partial charge >= 0.3 is 0 Å². The summed E-state index contributed by atoms with van der Waals surface area (Å²) in [5, 5.41) is 3.74. The molecule has 1 N–H and O–H groups in total. The lowest BCUT2D eigenvalue weighted by atomic mass is 9.60. The largest absolute Gasteiger partial charge is 0.489 e. The number of rotatable bonds is 5. The molecule has 2 aliphatic carbocycles. The quantitative estimate of drug-likeness (QED) is 0.852. The van der Waals surface area contributed by atoms with Crippen molar-refractivity contribution in [2.75, 3.05) is 6.54 Å². The SMILES string of the molecule is CCCNC1CC(Oc2ccccc2Br)C12CCCC2. The van der Waals surface area contributed by atoms with E-state index in [1.54, 1.807) is 0 Å². The van der Waals surface area contributed by atoms with Gasteiger partial charge in [-0.3, -0.25) is 0 Å². The molecule has 1 spiro atoms. The number of hydrogen-bond acceptors (Lipinski definition) is 2. The topological polar surface area (TPSA) is 21.3 Å². The maximum Gasteiger partial charge on any atom is 0.133 e. The van der Waals surface area contributed by atoms with Crippen molar-refractivity contribution in [2.45, 2.75) is 57.6 Å². The van der Waals surface area contributed by atoms with Gasteiger partial charge in [0.05, 0.1) is 4.47 Å². The van der Waals surface area contributed by atoms with Crippen molar-refractivity contribution >= 4 is 15.9 Å². The highest BCUT2D eigenvalue weighted by Gasteiger charge is 2.57. The maximum absolute atomic E-state index is 6.34. The molecule has 2 atom stereocenters. The fourth-order valence-electron chi connectivity index (χ4n) is 3.92. The minimum Gasteiger partial charge on any atom is -0.489 e. The van der Waals surface area contributed by atoms with Crippen LogP contribution in [0.1, 0.15) is 45.4 Å². The first-order valence-corrected chi connectivity index (χ1v) is 8.70. The van der Waals surface area contributed by atoms with Crippen molar-refractivity contribution < 1.29 is 4.74 Å². The molecule has 2 aliphatic rings. The lowest BCUT2D eigenvalue weighted by Crippen LogP contribution is -2.63. The first kappa shape index (κ1) is 14.4. The molecule has 3 rings (SSSR count). The van der Waals surface area contributed by atoms with Gasteiger partial charge in [-0.2, -0.15) is 0 Å². The number of para-hydroxylation sites is 1. The summed E-state index contributed by atoms with van der Waals surface area (Å²) in [6.07, 6.45) is 8.12. The zero-order valence-corrected chi connectivity index (χ0v) is 13.8. The van der Waals surface area contributed by atoms with E-state index in [9.17, 15) is 0 Å². The molecule has 20 heavy (non-hydrogen) atoms. The molecule has 0 aromatic heterocycles. The van der Waals surface area contributed by atoms with Crippen LogP contribution >= 0.6 is 15.9 Å². The van der Waals surface area contributed by atoms with E-state index in [-0.39, 0.29) is 0 Å². The smallest absolute Gasteiger partial charge is 0.133 e. The van der Waals surface area contributed by atoms with E-state index < -0.39 is 0 Å². The summed E-state index contributed by atoms with van der Waals surface area (Å²) < 4.78 is 7.41. The first-order chi connectivity index (χ1) is 9.76. The van der Waals surface area contributed by atoms with Gasteiger partial charge in [-0.25, -0.2) is 0 Å². The molecule has 0 amide bonds. The van der Waals surface area contributed by atoms with Crippen molar-refractivity contribution in [2.24, 2.45) is 5.41 Å². The van der Waals surface area contributed by atoms with Crippen LogP contribution in [-0.2, 0) is 0 Å². The maximum atomic E-state index is 6.34. The van der Waals surface area contributed by atoms with Gasteiger partial charge in [0, 0.05) is 17.9 Å². The summed E-state index contributed by atoms with van der Waals surface area (Å²) in [5.74, 6) is 0.998. The molecule has 1 aromatic carbocycles. The molecule has 0 saturated heterocycles. The second kappa shape index (κ2) is 6.07. The van der Waals surface area contributed by atoms with E-state index >= 15 is 0 Å². The lowest BCUT2D eigenvalue weighted by Gasteiger charge is -2.54. The first-order valence-electron chi connectivity index (χ1n) is 7.91. The molecule has 110 valence electrons. The van der Waals surface area contributed by atoms with Crippen molar-refractivity contribution in [3.63, 3.8) is 0 Å². The third-order valence-electron chi connectivity index (χ3n) is 5.07. The molecular formula is C17H24BrNO. The van der Waals surface area contributed by atoms with Gasteiger partial charge in [-0.15, -0.1) is 0 Å². The average Bonchev–Trinajstić information content (AvgIpc) is 2.96. The van der Waals surface area contributed by atoms with E-state index in [4.69, 9.17) is 4.74 Å². The molecule has 2 fully saturated rings. The number of ether oxygens (including phenoxy) is 1. The third-order valence-corrected chi connectivity index (χ3v) is 5.72. The summed E-state index contributed by atoms with van der Waals surface area (Å²) in [6, 6.07) is 8.88. The van der Waals surface area contributed by atoms with Crippen molar-refractivity contribution in [1.29, 1.82) is 0 Å². The summed E-state index contributed by atoms with van der Waals surface area (Å²) in [4.78, 5) is 0. The van der Waals surface area contributed by atoms with E-state index in [2.05, 4.69) is 40.3 Å². The van der Waals surface area contributed by atoms with Crippen LogP contribution in [0.3, 0.4) is 0 Å². The Morgan fingerprint density at radius 2 is 2.05 bits per heavy atom. The molecule has 0 radical (unpaired) electrons. The van der Waals surface area contributed by atoms with Gasteiger partial charge in [0.25, 0.3) is 0 Å². The molecule has 0 bridgehead atoms. The molecular weight excluding hydrogens is 314 g/mol. The zero-order chi connectivity index (χ0) is 14.0. The fourth-order valence-corrected chi connectivity index (χ4v) is 4.29. The highest BCUT2D eigenvalue weighted by atomic mass is 79.9. The van der Waals surface area contributed by atoms with Crippen LogP contribution in [0, 0.1) is 5.41 Å². The van der Waals surface area contributed by atoms with Crippen LogP contribution in [0.25, 0.3) is 0 Å².